The van der Waals surface area contributed by atoms with Crippen molar-refractivity contribution in [3.63, 3.8) is 0 Å². The lowest BCUT2D eigenvalue weighted by Crippen LogP contribution is -2.36. The molecule has 2 aromatic rings. The minimum absolute atomic E-state index is 0.285. The van der Waals surface area contributed by atoms with Crippen molar-refractivity contribution in [2.75, 3.05) is 13.2 Å². The summed E-state index contributed by atoms with van der Waals surface area (Å²) in [5.41, 5.74) is 2.16. The molecule has 0 amide bonds. The lowest BCUT2D eigenvalue weighted by molar-refractivity contribution is 0.104. The van der Waals surface area contributed by atoms with Gasteiger partial charge in [0.15, 0.2) is 0 Å². The van der Waals surface area contributed by atoms with Crippen molar-refractivity contribution < 1.29 is 9.84 Å². The third-order valence-corrected chi connectivity index (χ3v) is 3.72. The lowest BCUT2D eigenvalue weighted by Gasteiger charge is -2.17. The summed E-state index contributed by atoms with van der Waals surface area (Å²) in [6.07, 6.45) is 0.530. The number of hydrogen-bond donors (Lipinski definition) is 2. The third kappa shape index (κ3) is 4.86. The average Bonchev–Trinajstić information content (AvgIpc) is 2.58. The van der Waals surface area contributed by atoms with Gasteiger partial charge in [0.2, 0.25) is 0 Å². The molecule has 2 atom stereocenters. The van der Waals surface area contributed by atoms with Crippen LogP contribution in [0.25, 0.3) is 11.1 Å². The van der Waals surface area contributed by atoms with Crippen LogP contribution in [0, 0.1) is 0 Å². The van der Waals surface area contributed by atoms with E-state index in [1.165, 1.54) is 0 Å². The number of nitrogens with one attached hydrogen (secondary N) is 1. The second kappa shape index (κ2) is 8.57. The summed E-state index contributed by atoms with van der Waals surface area (Å²) in [6.45, 7) is 5.06. The van der Waals surface area contributed by atoms with Gasteiger partial charge < -0.3 is 15.2 Å². The highest BCUT2D eigenvalue weighted by Crippen LogP contribution is 2.29. The van der Waals surface area contributed by atoms with Crippen molar-refractivity contribution in [1.82, 2.24) is 5.32 Å². The molecule has 0 aliphatic carbocycles. The standard InChI is InChI=1S/C19H25NO2/c1-3-15(2)20-13-17(21)14-22-19-12-8-7-11-18(19)16-9-5-4-6-10-16/h4-12,15,17,20-21H,3,13-14H2,1-2H3/t15-,17-/m1/s1. The van der Waals surface area contributed by atoms with E-state index in [-0.39, 0.29) is 6.61 Å². The zero-order valence-corrected chi connectivity index (χ0v) is 13.3. The summed E-state index contributed by atoms with van der Waals surface area (Å²) in [5.74, 6) is 0.802. The van der Waals surface area contributed by atoms with Crippen molar-refractivity contribution >= 4 is 0 Å². The zero-order valence-electron chi connectivity index (χ0n) is 13.3. The minimum atomic E-state index is -0.516. The van der Waals surface area contributed by atoms with E-state index in [2.05, 4.69) is 31.3 Å². The van der Waals surface area contributed by atoms with Crippen molar-refractivity contribution in [2.24, 2.45) is 0 Å². The first kappa shape index (κ1) is 16.5. The summed E-state index contributed by atoms with van der Waals surface area (Å²) in [4.78, 5) is 0. The molecule has 0 aliphatic rings. The normalized spacial score (nSPS) is 13.6. The van der Waals surface area contributed by atoms with Gasteiger partial charge in [0.25, 0.3) is 0 Å². The van der Waals surface area contributed by atoms with E-state index in [0.717, 1.165) is 23.3 Å². The summed E-state index contributed by atoms with van der Waals surface area (Å²) in [7, 11) is 0. The third-order valence-electron chi connectivity index (χ3n) is 3.72. The molecule has 0 fully saturated rings. The minimum Gasteiger partial charge on any atom is -0.490 e. The van der Waals surface area contributed by atoms with Gasteiger partial charge in [0.05, 0.1) is 0 Å². The van der Waals surface area contributed by atoms with Gasteiger partial charge in [-0.3, -0.25) is 0 Å². The van der Waals surface area contributed by atoms with Crippen LogP contribution in [0.1, 0.15) is 20.3 Å². The fraction of sp³-hybridized carbons (Fsp3) is 0.368. The largest absolute Gasteiger partial charge is 0.490 e. The lowest BCUT2D eigenvalue weighted by atomic mass is 10.1. The second-order valence-corrected chi connectivity index (χ2v) is 5.54. The fourth-order valence-electron chi connectivity index (χ4n) is 2.18. The second-order valence-electron chi connectivity index (χ2n) is 5.54. The highest BCUT2D eigenvalue weighted by molar-refractivity contribution is 5.70. The maximum absolute atomic E-state index is 10.0. The Labute approximate surface area is 133 Å². The van der Waals surface area contributed by atoms with E-state index < -0.39 is 6.10 Å². The number of para-hydroxylation sites is 1. The smallest absolute Gasteiger partial charge is 0.127 e. The van der Waals surface area contributed by atoms with Gasteiger partial charge >= 0.3 is 0 Å². The number of hydrogen-bond acceptors (Lipinski definition) is 3. The molecule has 22 heavy (non-hydrogen) atoms. The predicted molar refractivity (Wildman–Crippen MR) is 91.1 cm³/mol. The molecule has 2 rings (SSSR count). The Morgan fingerprint density at radius 2 is 1.73 bits per heavy atom. The SMILES string of the molecule is CC[C@@H](C)NC[C@@H](O)COc1ccccc1-c1ccccc1. The van der Waals surface area contributed by atoms with Gasteiger partial charge in [-0.05, 0) is 25.0 Å². The Morgan fingerprint density at radius 1 is 1.05 bits per heavy atom. The van der Waals surface area contributed by atoms with Crippen LogP contribution < -0.4 is 10.1 Å². The molecule has 0 aromatic heterocycles. The summed E-state index contributed by atoms with van der Waals surface area (Å²) >= 11 is 0. The monoisotopic (exact) mass is 299 g/mol. The van der Waals surface area contributed by atoms with Gasteiger partial charge in [0.1, 0.15) is 18.5 Å². The van der Waals surface area contributed by atoms with Crippen LogP contribution in [-0.4, -0.2) is 30.4 Å². The van der Waals surface area contributed by atoms with Crippen molar-refractivity contribution in [3.8, 4) is 16.9 Å². The number of aliphatic hydroxyl groups is 1. The van der Waals surface area contributed by atoms with E-state index in [9.17, 15) is 5.11 Å². The molecule has 0 saturated heterocycles. The van der Waals surface area contributed by atoms with Crippen molar-refractivity contribution in [3.05, 3.63) is 54.6 Å². The molecular formula is C19H25NO2. The molecule has 0 aliphatic heterocycles. The number of benzene rings is 2. The van der Waals surface area contributed by atoms with E-state index in [0.29, 0.717) is 12.6 Å². The van der Waals surface area contributed by atoms with Crippen LogP contribution in [0.15, 0.2) is 54.6 Å². The molecule has 0 radical (unpaired) electrons. The number of ether oxygens (including phenoxy) is 1. The maximum Gasteiger partial charge on any atom is 0.127 e. The molecule has 0 heterocycles. The van der Waals surface area contributed by atoms with Crippen molar-refractivity contribution in [1.29, 1.82) is 0 Å². The van der Waals surface area contributed by atoms with Gasteiger partial charge in [-0.25, -0.2) is 0 Å². The molecule has 118 valence electrons. The van der Waals surface area contributed by atoms with E-state index in [4.69, 9.17) is 4.74 Å². The Hall–Kier alpha value is -1.84. The zero-order chi connectivity index (χ0) is 15.8. The van der Waals surface area contributed by atoms with Crippen LogP contribution in [0.2, 0.25) is 0 Å². The molecule has 2 N–H and O–H groups in total. The van der Waals surface area contributed by atoms with Crippen LogP contribution in [-0.2, 0) is 0 Å². The van der Waals surface area contributed by atoms with Crippen LogP contribution >= 0.6 is 0 Å². The Morgan fingerprint density at radius 3 is 2.45 bits per heavy atom. The summed E-state index contributed by atoms with van der Waals surface area (Å²) < 4.78 is 5.83. The first-order chi connectivity index (χ1) is 10.7. The van der Waals surface area contributed by atoms with E-state index >= 15 is 0 Å². The van der Waals surface area contributed by atoms with Crippen LogP contribution in [0.4, 0.5) is 0 Å². The Balaban J connectivity index is 1.96. The van der Waals surface area contributed by atoms with Gasteiger partial charge in [-0.1, -0.05) is 55.5 Å². The number of rotatable bonds is 8. The molecule has 2 aromatic carbocycles. The topological polar surface area (TPSA) is 41.5 Å². The quantitative estimate of drug-likeness (QED) is 0.784. The highest BCUT2D eigenvalue weighted by Gasteiger charge is 2.10. The van der Waals surface area contributed by atoms with Gasteiger partial charge in [-0.2, -0.15) is 0 Å². The van der Waals surface area contributed by atoms with Crippen molar-refractivity contribution in [2.45, 2.75) is 32.4 Å². The molecule has 3 nitrogen and oxygen atoms in total. The summed E-state index contributed by atoms with van der Waals surface area (Å²) in [5, 5.41) is 13.3. The first-order valence-electron chi connectivity index (χ1n) is 7.89. The van der Waals surface area contributed by atoms with Crippen LogP contribution in [0.3, 0.4) is 0 Å². The van der Waals surface area contributed by atoms with Crippen LogP contribution in [0.5, 0.6) is 5.75 Å². The van der Waals surface area contributed by atoms with E-state index in [1.807, 2.05) is 42.5 Å². The maximum atomic E-state index is 10.0. The average molecular weight is 299 g/mol. The predicted octanol–water partition coefficient (Wildman–Crippen LogP) is 3.48. The molecule has 0 unspecified atom stereocenters. The summed E-state index contributed by atoms with van der Waals surface area (Å²) in [6, 6.07) is 18.5. The molecular weight excluding hydrogens is 274 g/mol. The van der Waals surface area contributed by atoms with Gasteiger partial charge in [-0.15, -0.1) is 0 Å². The molecule has 0 spiro atoms. The van der Waals surface area contributed by atoms with Gasteiger partial charge in [0, 0.05) is 18.2 Å². The Kier molecular flexibility index (Phi) is 6.44. The number of aliphatic hydroxyl groups excluding tert-OH is 1. The highest BCUT2D eigenvalue weighted by atomic mass is 16.5. The van der Waals surface area contributed by atoms with E-state index in [1.54, 1.807) is 0 Å². The Bertz CT molecular complexity index is 556. The fourth-order valence-corrected chi connectivity index (χ4v) is 2.18. The molecule has 0 bridgehead atoms. The molecule has 0 saturated carbocycles. The first-order valence-corrected chi connectivity index (χ1v) is 7.89. The molecule has 3 heteroatoms.